The van der Waals surface area contributed by atoms with E-state index in [0.29, 0.717) is 15.9 Å². The van der Waals surface area contributed by atoms with Crippen LogP contribution in [0, 0.1) is 0 Å². The van der Waals surface area contributed by atoms with Crippen LogP contribution >= 0.6 is 23.2 Å². The Morgan fingerprint density at radius 2 is 2.00 bits per heavy atom. The fourth-order valence-electron chi connectivity index (χ4n) is 1.68. The van der Waals surface area contributed by atoms with Crippen molar-refractivity contribution in [2.24, 2.45) is 0 Å². The molecule has 0 saturated carbocycles. The normalized spacial score (nSPS) is 11.9. The van der Waals surface area contributed by atoms with E-state index >= 15 is 0 Å². The Morgan fingerprint density at radius 1 is 1.25 bits per heavy atom. The average Bonchev–Trinajstić information content (AvgIpc) is 2.39. The van der Waals surface area contributed by atoms with E-state index < -0.39 is 5.97 Å². The van der Waals surface area contributed by atoms with Crippen LogP contribution in [-0.2, 0) is 0 Å². The van der Waals surface area contributed by atoms with E-state index in [2.05, 4.69) is 15.5 Å². The van der Waals surface area contributed by atoms with Gasteiger partial charge >= 0.3 is 5.97 Å². The third kappa shape index (κ3) is 3.37. The van der Waals surface area contributed by atoms with E-state index in [1.807, 2.05) is 13.0 Å². The van der Waals surface area contributed by atoms with Crippen LogP contribution in [0.3, 0.4) is 0 Å². The molecular formula is C13H11Cl2N3O2. The molecule has 20 heavy (non-hydrogen) atoms. The third-order valence-electron chi connectivity index (χ3n) is 2.68. The first-order valence-corrected chi connectivity index (χ1v) is 6.51. The molecule has 5 nitrogen and oxygen atoms in total. The zero-order valence-electron chi connectivity index (χ0n) is 10.5. The molecule has 1 aromatic carbocycles. The van der Waals surface area contributed by atoms with Crippen LogP contribution in [0.25, 0.3) is 0 Å². The van der Waals surface area contributed by atoms with Crippen LogP contribution < -0.4 is 5.32 Å². The van der Waals surface area contributed by atoms with E-state index in [4.69, 9.17) is 28.3 Å². The van der Waals surface area contributed by atoms with Gasteiger partial charge in [-0.05, 0) is 36.8 Å². The number of carboxylic acid groups (broad SMARTS) is 1. The van der Waals surface area contributed by atoms with Crippen LogP contribution in [0.15, 0.2) is 30.3 Å². The smallest absolute Gasteiger partial charge is 0.356 e. The molecule has 7 heteroatoms. The SMILES string of the molecule is CC(Nc1ccc(C(=O)O)nn1)c1ccc(Cl)cc1Cl. The number of aromatic carboxylic acids is 1. The van der Waals surface area contributed by atoms with Gasteiger partial charge < -0.3 is 10.4 Å². The molecule has 1 aromatic heterocycles. The molecule has 0 spiro atoms. The fraction of sp³-hybridized carbons (Fsp3) is 0.154. The number of carboxylic acids is 1. The first-order valence-electron chi connectivity index (χ1n) is 5.76. The molecule has 104 valence electrons. The second-order valence-electron chi connectivity index (χ2n) is 4.14. The molecule has 2 aromatic rings. The van der Waals surface area contributed by atoms with Crippen molar-refractivity contribution in [1.82, 2.24) is 10.2 Å². The highest BCUT2D eigenvalue weighted by atomic mass is 35.5. The van der Waals surface area contributed by atoms with Crippen molar-refractivity contribution < 1.29 is 9.90 Å². The highest BCUT2D eigenvalue weighted by Gasteiger charge is 2.11. The van der Waals surface area contributed by atoms with Gasteiger partial charge in [0, 0.05) is 10.0 Å². The lowest BCUT2D eigenvalue weighted by molar-refractivity contribution is 0.0689. The van der Waals surface area contributed by atoms with Gasteiger partial charge in [0.25, 0.3) is 0 Å². The van der Waals surface area contributed by atoms with Crippen LogP contribution in [0.1, 0.15) is 29.0 Å². The van der Waals surface area contributed by atoms with Crippen molar-refractivity contribution in [2.45, 2.75) is 13.0 Å². The van der Waals surface area contributed by atoms with Gasteiger partial charge in [-0.1, -0.05) is 29.3 Å². The molecule has 1 unspecified atom stereocenters. The van der Waals surface area contributed by atoms with Crippen molar-refractivity contribution in [3.8, 4) is 0 Å². The quantitative estimate of drug-likeness (QED) is 0.901. The van der Waals surface area contributed by atoms with Gasteiger partial charge in [-0.3, -0.25) is 0 Å². The molecule has 0 fully saturated rings. The molecule has 0 bridgehead atoms. The maximum atomic E-state index is 10.7. The number of anilines is 1. The van der Waals surface area contributed by atoms with Crippen molar-refractivity contribution >= 4 is 35.0 Å². The van der Waals surface area contributed by atoms with Crippen LogP contribution in [0.4, 0.5) is 5.82 Å². The number of rotatable bonds is 4. The molecule has 0 radical (unpaired) electrons. The molecule has 0 saturated heterocycles. The first kappa shape index (κ1) is 14.6. The Kier molecular flexibility index (Phi) is 4.42. The summed E-state index contributed by atoms with van der Waals surface area (Å²) >= 11 is 12.0. The molecule has 2 rings (SSSR count). The lowest BCUT2D eigenvalue weighted by Gasteiger charge is -2.16. The number of nitrogens with one attached hydrogen (secondary N) is 1. The monoisotopic (exact) mass is 311 g/mol. The molecule has 0 aliphatic heterocycles. The summed E-state index contributed by atoms with van der Waals surface area (Å²) in [7, 11) is 0. The van der Waals surface area contributed by atoms with Crippen molar-refractivity contribution in [2.75, 3.05) is 5.32 Å². The molecular weight excluding hydrogens is 301 g/mol. The lowest BCUT2D eigenvalue weighted by atomic mass is 10.1. The Morgan fingerprint density at radius 3 is 2.55 bits per heavy atom. The number of aromatic nitrogens is 2. The molecule has 0 aliphatic rings. The van der Waals surface area contributed by atoms with E-state index in [1.54, 1.807) is 18.2 Å². The van der Waals surface area contributed by atoms with Gasteiger partial charge in [-0.15, -0.1) is 10.2 Å². The third-order valence-corrected chi connectivity index (χ3v) is 3.24. The Balaban J connectivity index is 2.14. The van der Waals surface area contributed by atoms with Gasteiger partial charge in [0.1, 0.15) is 5.82 Å². The number of hydrogen-bond acceptors (Lipinski definition) is 4. The predicted octanol–water partition coefficient (Wildman–Crippen LogP) is 3.65. The number of carbonyl (C=O) groups is 1. The standard InChI is InChI=1S/C13H11Cl2N3O2/c1-7(9-3-2-8(14)6-10(9)15)16-12-5-4-11(13(19)20)17-18-12/h2-7H,1H3,(H,16,18)(H,19,20). The lowest BCUT2D eigenvalue weighted by Crippen LogP contribution is -2.10. The summed E-state index contributed by atoms with van der Waals surface area (Å²) in [6.07, 6.45) is 0. The van der Waals surface area contributed by atoms with E-state index in [1.165, 1.54) is 6.07 Å². The number of nitrogens with zero attached hydrogens (tertiary/aromatic N) is 2. The molecule has 2 N–H and O–H groups in total. The van der Waals surface area contributed by atoms with E-state index in [0.717, 1.165) is 5.56 Å². The Hall–Kier alpha value is -1.85. The second kappa shape index (κ2) is 6.07. The Bertz CT molecular complexity index is 632. The maximum absolute atomic E-state index is 10.7. The van der Waals surface area contributed by atoms with Gasteiger partial charge in [0.15, 0.2) is 5.69 Å². The summed E-state index contributed by atoms with van der Waals surface area (Å²) < 4.78 is 0. The van der Waals surface area contributed by atoms with E-state index in [-0.39, 0.29) is 11.7 Å². The maximum Gasteiger partial charge on any atom is 0.356 e. The predicted molar refractivity (Wildman–Crippen MR) is 77.5 cm³/mol. The second-order valence-corrected chi connectivity index (χ2v) is 4.98. The van der Waals surface area contributed by atoms with Gasteiger partial charge in [0.05, 0.1) is 6.04 Å². The minimum Gasteiger partial charge on any atom is -0.476 e. The molecule has 0 aliphatic carbocycles. The van der Waals surface area contributed by atoms with Crippen molar-refractivity contribution in [3.63, 3.8) is 0 Å². The summed E-state index contributed by atoms with van der Waals surface area (Å²) in [6, 6.07) is 8.05. The highest BCUT2D eigenvalue weighted by molar-refractivity contribution is 6.35. The van der Waals surface area contributed by atoms with Gasteiger partial charge in [-0.2, -0.15) is 0 Å². The molecule has 0 amide bonds. The van der Waals surface area contributed by atoms with Gasteiger partial charge in [0.2, 0.25) is 0 Å². The van der Waals surface area contributed by atoms with Crippen LogP contribution in [0.2, 0.25) is 10.0 Å². The summed E-state index contributed by atoms with van der Waals surface area (Å²) in [5.74, 6) is -0.647. The number of halogens is 2. The summed E-state index contributed by atoms with van der Waals surface area (Å²) in [6.45, 7) is 1.90. The zero-order valence-corrected chi connectivity index (χ0v) is 12.0. The topological polar surface area (TPSA) is 75.1 Å². The minimum absolute atomic E-state index is 0.104. The van der Waals surface area contributed by atoms with Crippen LogP contribution in [0.5, 0.6) is 0 Å². The van der Waals surface area contributed by atoms with E-state index in [9.17, 15) is 4.79 Å². The first-order chi connectivity index (χ1) is 9.47. The summed E-state index contributed by atoms with van der Waals surface area (Å²) in [5, 5.41) is 20.3. The molecule has 1 heterocycles. The number of benzene rings is 1. The van der Waals surface area contributed by atoms with Crippen LogP contribution in [-0.4, -0.2) is 21.3 Å². The fourth-order valence-corrected chi connectivity index (χ4v) is 2.25. The van der Waals surface area contributed by atoms with Crippen molar-refractivity contribution in [1.29, 1.82) is 0 Å². The zero-order chi connectivity index (χ0) is 14.7. The summed E-state index contributed by atoms with van der Waals surface area (Å²) in [4.78, 5) is 10.7. The minimum atomic E-state index is -1.11. The average molecular weight is 312 g/mol. The Labute approximate surface area is 125 Å². The highest BCUT2D eigenvalue weighted by Crippen LogP contribution is 2.27. The van der Waals surface area contributed by atoms with Gasteiger partial charge in [-0.25, -0.2) is 4.79 Å². The van der Waals surface area contributed by atoms with Crippen molar-refractivity contribution in [3.05, 3.63) is 51.6 Å². The number of hydrogen-bond donors (Lipinski definition) is 2. The summed E-state index contributed by atoms with van der Waals surface area (Å²) in [5.41, 5.74) is 0.757. The molecule has 1 atom stereocenters. The largest absolute Gasteiger partial charge is 0.476 e.